The number of aromatic nitrogens is 1. The summed E-state index contributed by atoms with van der Waals surface area (Å²) in [5.41, 5.74) is 1.19. The second kappa shape index (κ2) is 5.64. The van der Waals surface area contributed by atoms with Crippen molar-refractivity contribution in [1.82, 2.24) is 9.29 Å². The van der Waals surface area contributed by atoms with Crippen molar-refractivity contribution in [1.29, 1.82) is 0 Å². The first-order valence-electron chi connectivity index (χ1n) is 6.28. The van der Waals surface area contributed by atoms with E-state index in [9.17, 15) is 8.42 Å². The molecule has 0 amide bonds. The minimum absolute atomic E-state index is 0.384. The van der Waals surface area contributed by atoms with E-state index < -0.39 is 10.2 Å². The van der Waals surface area contributed by atoms with Crippen LogP contribution >= 0.6 is 11.6 Å². The largest absolute Gasteiger partial charge is 0.301 e. The molecule has 7 heteroatoms. The van der Waals surface area contributed by atoms with Crippen LogP contribution in [0.4, 0.5) is 5.69 Å². The van der Waals surface area contributed by atoms with Crippen molar-refractivity contribution in [2.24, 2.45) is 5.92 Å². The van der Waals surface area contributed by atoms with Gasteiger partial charge in [0.1, 0.15) is 5.15 Å². The monoisotopic (exact) mass is 303 g/mol. The summed E-state index contributed by atoms with van der Waals surface area (Å²) in [6.07, 6.45) is 3.23. The first-order chi connectivity index (χ1) is 8.88. The van der Waals surface area contributed by atoms with Crippen molar-refractivity contribution in [2.45, 2.75) is 26.7 Å². The van der Waals surface area contributed by atoms with Gasteiger partial charge in [-0.25, -0.2) is 4.98 Å². The molecule has 0 spiro atoms. The number of hydrogen-bond donors (Lipinski definition) is 1. The van der Waals surface area contributed by atoms with E-state index in [2.05, 4.69) is 16.6 Å². The Kier molecular flexibility index (Phi) is 4.32. The molecule has 0 aromatic carbocycles. The molecule has 0 bridgehead atoms. The molecule has 0 aliphatic carbocycles. The Hall–Kier alpha value is -0.850. The van der Waals surface area contributed by atoms with Crippen molar-refractivity contribution < 1.29 is 8.42 Å². The highest BCUT2D eigenvalue weighted by Crippen LogP contribution is 2.21. The Labute approximate surface area is 119 Å². The zero-order valence-electron chi connectivity index (χ0n) is 11.1. The van der Waals surface area contributed by atoms with Crippen molar-refractivity contribution in [3.63, 3.8) is 0 Å². The molecular formula is C12H18ClN3O2S. The zero-order valence-corrected chi connectivity index (χ0v) is 12.6. The summed E-state index contributed by atoms with van der Waals surface area (Å²) < 4.78 is 28.5. The van der Waals surface area contributed by atoms with Gasteiger partial charge in [-0.3, -0.25) is 4.72 Å². The normalized spacial score (nSPS) is 18.5. The first-order valence-corrected chi connectivity index (χ1v) is 8.10. The molecule has 0 saturated carbocycles. The van der Waals surface area contributed by atoms with Gasteiger partial charge >= 0.3 is 10.2 Å². The van der Waals surface area contributed by atoms with Crippen molar-refractivity contribution in [3.05, 3.63) is 23.0 Å². The van der Waals surface area contributed by atoms with Crippen LogP contribution in [-0.4, -0.2) is 30.8 Å². The number of nitrogens with zero attached hydrogens (tertiary/aromatic N) is 2. The van der Waals surface area contributed by atoms with Crippen LogP contribution in [0.3, 0.4) is 0 Å². The summed E-state index contributed by atoms with van der Waals surface area (Å²) in [6.45, 7) is 5.06. The van der Waals surface area contributed by atoms with E-state index in [1.54, 1.807) is 13.0 Å². The van der Waals surface area contributed by atoms with Gasteiger partial charge in [0, 0.05) is 13.1 Å². The molecular weight excluding hydrogens is 286 g/mol. The Morgan fingerprint density at radius 1 is 1.42 bits per heavy atom. The smallest absolute Gasteiger partial charge is 0.269 e. The SMILES string of the molecule is Cc1cc(NS(=O)(=O)N2CCC(C)CC2)cnc1Cl. The highest BCUT2D eigenvalue weighted by Gasteiger charge is 2.26. The van der Waals surface area contributed by atoms with Crippen LogP contribution in [-0.2, 0) is 10.2 Å². The number of pyridine rings is 1. The summed E-state index contributed by atoms with van der Waals surface area (Å²) in [5.74, 6) is 0.589. The molecule has 0 unspecified atom stereocenters. The maximum atomic E-state index is 12.2. The summed E-state index contributed by atoms with van der Waals surface area (Å²) >= 11 is 5.82. The number of hydrogen-bond acceptors (Lipinski definition) is 3. The van der Waals surface area contributed by atoms with Gasteiger partial charge in [-0.05, 0) is 37.3 Å². The Balaban J connectivity index is 2.10. The molecule has 1 aromatic heterocycles. The van der Waals surface area contributed by atoms with Crippen LogP contribution in [0.5, 0.6) is 0 Å². The van der Waals surface area contributed by atoms with Crippen molar-refractivity contribution >= 4 is 27.5 Å². The summed E-state index contributed by atoms with van der Waals surface area (Å²) in [4.78, 5) is 3.94. The molecule has 1 fully saturated rings. The zero-order chi connectivity index (χ0) is 14.0. The lowest BCUT2D eigenvalue weighted by Gasteiger charge is -2.29. The molecule has 0 radical (unpaired) electrons. The number of aryl methyl sites for hydroxylation is 1. The first kappa shape index (κ1) is 14.6. The van der Waals surface area contributed by atoms with Gasteiger partial charge in [-0.2, -0.15) is 12.7 Å². The molecule has 2 heterocycles. The van der Waals surface area contributed by atoms with E-state index in [1.165, 1.54) is 10.5 Å². The molecule has 106 valence electrons. The molecule has 2 rings (SSSR count). The average Bonchev–Trinajstić information content (AvgIpc) is 2.34. The van der Waals surface area contributed by atoms with Crippen molar-refractivity contribution in [2.75, 3.05) is 17.8 Å². The number of anilines is 1. The second-order valence-electron chi connectivity index (χ2n) is 5.02. The second-order valence-corrected chi connectivity index (χ2v) is 7.05. The van der Waals surface area contributed by atoms with E-state index in [-0.39, 0.29) is 0 Å². The number of rotatable bonds is 3. The molecule has 1 saturated heterocycles. The third kappa shape index (κ3) is 3.58. The maximum absolute atomic E-state index is 12.2. The lowest BCUT2D eigenvalue weighted by atomic mass is 10.0. The fraction of sp³-hybridized carbons (Fsp3) is 0.583. The van der Waals surface area contributed by atoms with Gasteiger partial charge in [-0.1, -0.05) is 18.5 Å². The van der Waals surface area contributed by atoms with Gasteiger partial charge in [0.25, 0.3) is 0 Å². The van der Waals surface area contributed by atoms with Gasteiger partial charge in [0.2, 0.25) is 0 Å². The van der Waals surface area contributed by atoms with E-state index in [0.717, 1.165) is 18.4 Å². The van der Waals surface area contributed by atoms with Crippen LogP contribution in [0, 0.1) is 12.8 Å². The molecule has 1 N–H and O–H groups in total. The van der Waals surface area contributed by atoms with Crippen LogP contribution in [0.15, 0.2) is 12.3 Å². The minimum Gasteiger partial charge on any atom is -0.269 e. The molecule has 0 atom stereocenters. The number of piperidine rings is 1. The van der Waals surface area contributed by atoms with E-state index in [1.807, 2.05) is 0 Å². The summed E-state index contributed by atoms with van der Waals surface area (Å²) in [6, 6.07) is 1.68. The lowest BCUT2D eigenvalue weighted by Crippen LogP contribution is -2.41. The van der Waals surface area contributed by atoms with Crippen LogP contribution < -0.4 is 4.72 Å². The molecule has 1 aliphatic rings. The maximum Gasteiger partial charge on any atom is 0.301 e. The highest BCUT2D eigenvalue weighted by atomic mass is 35.5. The summed E-state index contributed by atoms with van der Waals surface area (Å²) in [7, 11) is -3.49. The Morgan fingerprint density at radius 2 is 2.05 bits per heavy atom. The predicted octanol–water partition coefficient (Wildman–Crippen LogP) is 2.43. The van der Waals surface area contributed by atoms with E-state index in [0.29, 0.717) is 29.8 Å². The number of halogens is 1. The third-order valence-electron chi connectivity index (χ3n) is 3.34. The number of nitrogens with one attached hydrogen (secondary N) is 1. The molecule has 1 aromatic rings. The quantitative estimate of drug-likeness (QED) is 0.872. The molecule has 5 nitrogen and oxygen atoms in total. The Morgan fingerprint density at radius 3 is 2.63 bits per heavy atom. The van der Waals surface area contributed by atoms with E-state index >= 15 is 0 Å². The van der Waals surface area contributed by atoms with Crippen LogP contribution in [0.1, 0.15) is 25.3 Å². The van der Waals surface area contributed by atoms with Crippen LogP contribution in [0.25, 0.3) is 0 Å². The molecule has 19 heavy (non-hydrogen) atoms. The van der Waals surface area contributed by atoms with Crippen LogP contribution in [0.2, 0.25) is 5.15 Å². The van der Waals surface area contributed by atoms with Crippen molar-refractivity contribution in [3.8, 4) is 0 Å². The average molecular weight is 304 g/mol. The van der Waals surface area contributed by atoms with Gasteiger partial charge in [0.05, 0.1) is 11.9 Å². The topological polar surface area (TPSA) is 62.3 Å². The predicted molar refractivity (Wildman–Crippen MR) is 76.5 cm³/mol. The van der Waals surface area contributed by atoms with Gasteiger partial charge in [0.15, 0.2) is 0 Å². The fourth-order valence-electron chi connectivity index (χ4n) is 2.05. The van der Waals surface area contributed by atoms with Gasteiger partial charge in [-0.15, -0.1) is 0 Å². The lowest BCUT2D eigenvalue weighted by molar-refractivity contribution is 0.289. The highest BCUT2D eigenvalue weighted by molar-refractivity contribution is 7.90. The minimum atomic E-state index is -3.49. The van der Waals surface area contributed by atoms with Gasteiger partial charge < -0.3 is 0 Å². The summed E-state index contributed by atoms with van der Waals surface area (Å²) in [5, 5.41) is 0.384. The third-order valence-corrected chi connectivity index (χ3v) is 5.28. The Bertz CT molecular complexity index is 554. The van der Waals surface area contributed by atoms with E-state index in [4.69, 9.17) is 11.6 Å². The molecule has 1 aliphatic heterocycles. The standard InChI is InChI=1S/C12H18ClN3O2S/c1-9-3-5-16(6-4-9)19(17,18)15-11-7-10(2)12(13)14-8-11/h7-9,15H,3-6H2,1-2H3. The fourth-order valence-corrected chi connectivity index (χ4v) is 3.39.